The minimum Gasteiger partial charge on any atom is -0.351 e. The lowest BCUT2D eigenvalue weighted by molar-refractivity contribution is -0.119. The first-order valence-corrected chi connectivity index (χ1v) is 11.6. The molecule has 0 fully saturated rings. The Morgan fingerprint density at radius 1 is 1.27 bits per heavy atom. The van der Waals surface area contributed by atoms with Crippen LogP contribution in [0.25, 0.3) is 10.9 Å². The summed E-state index contributed by atoms with van der Waals surface area (Å²) in [5.74, 6) is 0.257. The molecule has 0 radical (unpaired) electrons. The van der Waals surface area contributed by atoms with E-state index >= 15 is 0 Å². The molecule has 30 heavy (non-hydrogen) atoms. The van der Waals surface area contributed by atoms with Crippen molar-refractivity contribution < 1.29 is 9.59 Å². The van der Waals surface area contributed by atoms with Gasteiger partial charge in [0.25, 0.3) is 5.56 Å². The van der Waals surface area contributed by atoms with Gasteiger partial charge in [0.2, 0.25) is 5.91 Å². The summed E-state index contributed by atoms with van der Waals surface area (Å²) < 4.78 is 1.62. The van der Waals surface area contributed by atoms with E-state index in [0.29, 0.717) is 39.0 Å². The SMILES string of the molecule is CC(=O)NCc1ccc(C(=O)CSc2nc3ccc(Cl)cc3c(=O)n2CC(C)C)s1. The predicted octanol–water partition coefficient (Wildman–Crippen LogP) is 4.38. The van der Waals surface area contributed by atoms with Crippen molar-refractivity contribution in [2.75, 3.05) is 5.75 Å². The lowest BCUT2D eigenvalue weighted by Gasteiger charge is -2.14. The molecule has 0 saturated heterocycles. The second-order valence-electron chi connectivity index (χ2n) is 7.25. The Bertz CT molecular complexity index is 1150. The molecule has 9 heteroatoms. The number of carbonyl (C=O) groups excluding carboxylic acids is 2. The van der Waals surface area contributed by atoms with Gasteiger partial charge < -0.3 is 5.32 Å². The average Bonchev–Trinajstić information content (AvgIpc) is 3.16. The molecule has 0 bridgehead atoms. The van der Waals surface area contributed by atoms with Crippen molar-refractivity contribution in [1.82, 2.24) is 14.9 Å². The molecule has 0 aliphatic rings. The molecule has 0 atom stereocenters. The summed E-state index contributed by atoms with van der Waals surface area (Å²) in [7, 11) is 0. The number of fused-ring (bicyclic) bond motifs is 1. The first-order valence-electron chi connectivity index (χ1n) is 9.44. The molecule has 2 heterocycles. The molecule has 1 N–H and O–H groups in total. The quantitative estimate of drug-likeness (QED) is 0.304. The molecule has 2 aromatic heterocycles. The van der Waals surface area contributed by atoms with E-state index in [1.807, 2.05) is 19.9 Å². The van der Waals surface area contributed by atoms with Crippen LogP contribution in [0.1, 0.15) is 35.3 Å². The Kier molecular flexibility index (Phi) is 7.33. The topological polar surface area (TPSA) is 81.1 Å². The number of rotatable bonds is 8. The fourth-order valence-electron chi connectivity index (χ4n) is 2.84. The van der Waals surface area contributed by atoms with Crippen LogP contribution in [-0.2, 0) is 17.9 Å². The first-order chi connectivity index (χ1) is 14.2. The number of thiophene rings is 1. The largest absolute Gasteiger partial charge is 0.351 e. The fourth-order valence-corrected chi connectivity index (χ4v) is 4.88. The fraction of sp³-hybridized carbons (Fsp3) is 0.333. The van der Waals surface area contributed by atoms with Gasteiger partial charge in [-0.1, -0.05) is 37.2 Å². The van der Waals surface area contributed by atoms with Gasteiger partial charge >= 0.3 is 0 Å². The molecule has 6 nitrogen and oxygen atoms in total. The number of halogens is 1. The van der Waals surface area contributed by atoms with Crippen molar-refractivity contribution >= 4 is 57.3 Å². The maximum atomic E-state index is 13.0. The van der Waals surface area contributed by atoms with E-state index in [4.69, 9.17) is 11.6 Å². The van der Waals surface area contributed by atoms with E-state index in [-0.39, 0.29) is 28.9 Å². The van der Waals surface area contributed by atoms with Gasteiger partial charge in [0.05, 0.1) is 28.1 Å². The number of thioether (sulfide) groups is 1. The third-order valence-corrected chi connectivity index (χ3v) is 6.55. The van der Waals surface area contributed by atoms with Gasteiger partial charge in [-0.15, -0.1) is 11.3 Å². The van der Waals surface area contributed by atoms with Crippen molar-refractivity contribution in [3.05, 3.63) is 55.5 Å². The van der Waals surface area contributed by atoms with Crippen molar-refractivity contribution in [3.8, 4) is 0 Å². The summed E-state index contributed by atoms with van der Waals surface area (Å²) in [6, 6.07) is 8.65. The molecule has 3 aromatic rings. The molecule has 0 spiro atoms. The summed E-state index contributed by atoms with van der Waals surface area (Å²) in [4.78, 5) is 42.9. The Morgan fingerprint density at radius 3 is 2.73 bits per heavy atom. The zero-order valence-corrected chi connectivity index (χ0v) is 19.3. The monoisotopic (exact) mass is 463 g/mol. The molecular formula is C21H22ClN3O3S2. The summed E-state index contributed by atoms with van der Waals surface area (Å²) in [5, 5.41) is 4.20. The lowest BCUT2D eigenvalue weighted by atomic mass is 10.2. The van der Waals surface area contributed by atoms with Gasteiger partial charge in [-0.25, -0.2) is 4.98 Å². The molecule has 0 aliphatic heterocycles. The Hall–Kier alpha value is -2.16. The van der Waals surface area contributed by atoms with Crippen LogP contribution in [0, 0.1) is 5.92 Å². The number of amides is 1. The highest BCUT2D eigenvalue weighted by Gasteiger charge is 2.16. The van der Waals surface area contributed by atoms with Crippen LogP contribution in [-0.4, -0.2) is 27.0 Å². The molecule has 1 amide bonds. The van der Waals surface area contributed by atoms with Gasteiger partial charge in [0.15, 0.2) is 10.9 Å². The Labute approximate surface area is 187 Å². The van der Waals surface area contributed by atoms with E-state index in [0.717, 1.165) is 4.88 Å². The number of hydrogen-bond donors (Lipinski definition) is 1. The van der Waals surface area contributed by atoms with Gasteiger partial charge in [0.1, 0.15) is 0 Å². The molecule has 158 valence electrons. The number of nitrogens with zero attached hydrogens (tertiary/aromatic N) is 2. The Morgan fingerprint density at radius 2 is 2.03 bits per heavy atom. The molecule has 1 aromatic carbocycles. The lowest BCUT2D eigenvalue weighted by Crippen LogP contribution is -2.25. The van der Waals surface area contributed by atoms with E-state index < -0.39 is 0 Å². The van der Waals surface area contributed by atoms with Crippen molar-refractivity contribution in [2.24, 2.45) is 5.92 Å². The summed E-state index contributed by atoms with van der Waals surface area (Å²) >= 11 is 8.67. The molecule has 0 aliphatic carbocycles. The zero-order chi connectivity index (χ0) is 21.8. The summed E-state index contributed by atoms with van der Waals surface area (Å²) in [6.07, 6.45) is 0. The standard InChI is InChI=1S/C21H22ClN3O3S2/c1-12(2)10-25-20(28)16-8-14(22)4-6-17(16)24-21(25)29-11-18(27)19-7-5-15(30-19)9-23-13(3)26/h4-8,12H,9-11H2,1-3H3,(H,23,26). The third-order valence-electron chi connectivity index (χ3n) is 4.21. The normalized spacial score (nSPS) is 11.2. The average molecular weight is 464 g/mol. The second kappa shape index (κ2) is 9.76. The van der Waals surface area contributed by atoms with Gasteiger partial charge in [-0.3, -0.25) is 19.0 Å². The van der Waals surface area contributed by atoms with E-state index in [2.05, 4.69) is 10.3 Å². The van der Waals surface area contributed by atoms with Gasteiger partial charge in [0, 0.05) is 23.4 Å². The van der Waals surface area contributed by atoms with Crippen LogP contribution in [0.5, 0.6) is 0 Å². The molecule has 0 unspecified atom stereocenters. The number of benzene rings is 1. The number of carbonyl (C=O) groups is 2. The van der Waals surface area contributed by atoms with Crippen LogP contribution in [0.15, 0.2) is 40.3 Å². The van der Waals surface area contributed by atoms with Crippen molar-refractivity contribution in [3.63, 3.8) is 0 Å². The molecule has 0 saturated carbocycles. The number of Topliss-reactive ketones (excluding diaryl/α,β-unsaturated/α-hetero) is 1. The van der Waals surface area contributed by atoms with Crippen molar-refractivity contribution in [1.29, 1.82) is 0 Å². The smallest absolute Gasteiger partial charge is 0.262 e. The van der Waals surface area contributed by atoms with E-state index in [9.17, 15) is 14.4 Å². The highest BCUT2D eigenvalue weighted by atomic mass is 35.5. The highest BCUT2D eigenvalue weighted by Crippen LogP contribution is 2.24. The van der Waals surface area contributed by atoms with Crippen LogP contribution >= 0.6 is 34.7 Å². The first kappa shape index (κ1) is 22.5. The van der Waals surface area contributed by atoms with Crippen LogP contribution in [0.3, 0.4) is 0 Å². The van der Waals surface area contributed by atoms with Gasteiger partial charge in [-0.2, -0.15) is 0 Å². The van der Waals surface area contributed by atoms with Crippen LogP contribution < -0.4 is 10.9 Å². The molecule has 3 rings (SSSR count). The zero-order valence-electron chi connectivity index (χ0n) is 16.9. The molecular weight excluding hydrogens is 442 g/mol. The number of ketones is 1. The van der Waals surface area contributed by atoms with Crippen LogP contribution in [0.4, 0.5) is 0 Å². The minimum absolute atomic E-state index is 0.0411. The summed E-state index contributed by atoms with van der Waals surface area (Å²) in [6.45, 7) is 6.41. The highest BCUT2D eigenvalue weighted by molar-refractivity contribution is 7.99. The maximum Gasteiger partial charge on any atom is 0.262 e. The van der Waals surface area contributed by atoms with E-state index in [1.165, 1.54) is 30.0 Å². The van der Waals surface area contributed by atoms with Crippen LogP contribution in [0.2, 0.25) is 5.02 Å². The number of nitrogens with one attached hydrogen (secondary N) is 1. The van der Waals surface area contributed by atoms with Gasteiger partial charge in [-0.05, 0) is 36.2 Å². The third kappa shape index (κ3) is 5.50. The summed E-state index contributed by atoms with van der Waals surface area (Å²) in [5.41, 5.74) is 0.410. The van der Waals surface area contributed by atoms with E-state index in [1.54, 1.807) is 28.8 Å². The number of aromatic nitrogens is 2. The minimum atomic E-state index is -0.153. The Balaban J connectivity index is 1.82. The van der Waals surface area contributed by atoms with Crippen molar-refractivity contribution in [2.45, 2.75) is 39.0 Å². The second-order valence-corrected chi connectivity index (χ2v) is 9.80. The predicted molar refractivity (Wildman–Crippen MR) is 123 cm³/mol. The maximum absolute atomic E-state index is 13.0. The number of hydrogen-bond acceptors (Lipinski definition) is 6.